The maximum Gasteiger partial charge on any atom is 0.341 e. The van der Waals surface area contributed by atoms with E-state index in [0.717, 1.165) is 25.7 Å². The van der Waals surface area contributed by atoms with Crippen LogP contribution < -0.4 is 16.9 Å². The number of anilines is 1. The molecule has 0 spiro atoms. The highest BCUT2D eigenvalue weighted by atomic mass is 19.1. The number of nitrogens with one attached hydrogen (secondary N) is 1. The van der Waals surface area contributed by atoms with Gasteiger partial charge in [0.25, 0.3) is 0 Å². The van der Waals surface area contributed by atoms with Gasteiger partial charge in [-0.25, -0.2) is 14.2 Å². The van der Waals surface area contributed by atoms with Gasteiger partial charge >= 0.3 is 5.97 Å². The van der Waals surface area contributed by atoms with Gasteiger partial charge in [0, 0.05) is 31.7 Å². The fourth-order valence-electron chi connectivity index (χ4n) is 2.96. The van der Waals surface area contributed by atoms with Crippen LogP contribution in [0, 0.1) is 5.82 Å². The number of fused-ring (bicyclic) bond motifs is 1. The molecule has 0 aliphatic carbocycles. The zero-order valence-corrected chi connectivity index (χ0v) is 12.9. The molecule has 1 atom stereocenters. The first kappa shape index (κ1) is 16.3. The molecule has 2 aromatic heterocycles. The highest BCUT2D eigenvalue weighted by molar-refractivity contribution is 5.95. The third kappa shape index (κ3) is 2.83. The summed E-state index contributed by atoms with van der Waals surface area (Å²) >= 11 is 0. The average Bonchev–Trinajstić information content (AvgIpc) is 2.94. The average molecular weight is 335 g/mol. The second-order valence-corrected chi connectivity index (χ2v) is 5.95. The van der Waals surface area contributed by atoms with Crippen LogP contribution in [-0.2, 0) is 6.42 Å². The van der Waals surface area contributed by atoms with E-state index in [4.69, 9.17) is 16.6 Å². The molecule has 1 aliphatic rings. The van der Waals surface area contributed by atoms with Crippen molar-refractivity contribution in [1.82, 2.24) is 14.9 Å². The van der Waals surface area contributed by atoms with Crippen molar-refractivity contribution in [2.75, 3.05) is 25.4 Å². The summed E-state index contributed by atoms with van der Waals surface area (Å²) in [6.45, 7) is 2.19. The third-order valence-electron chi connectivity index (χ3n) is 4.27. The van der Waals surface area contributed by atoms with Crippen LogP contribution >= 0.6 is 0 Å². The number of hydrogen-bond donors (Lipinski definition) is 4. The lowest BCUT2D eigenvalue weighted by Crippen LogP contribution is -2.28. The van der Waals surface area contributed by atoms with Crippen molar-refractivity contribution >= 4 is 22.7 Å². The van der Waals surface area contributed by atoms with E-state index in [1.54, 1.807) is 0 Å². The number of carboxylic acid groups (broad SMARTS) is 1. The van der Waals surface area contributed by atoms with Gasteiger partial charge in [-0.15, -0.1) is 0 Å². The zero-order valence-electron chi connectivity index (χ0n) is 12.9. The number of H-pyrrole nitrogens is 1. The Balaban J connectivity index is 1.96. The quantitative estimate of drug-likeness (QED) is 0.613. The summed E-state index contributed by atoms with van der Waals surface area (Å²) in [5.41, 5.74) is 10.1. The molecule has 24 heavy (non-hydrogen) atoms. The lowest BCUT2D eigenvalue weighted by Gasteiger charge is -2.15. The minimum atomic E-state index is -1.41. The number of aromatic carboxylic acids is 1. The van der Waals surface area contributed by atoms with Crippen LogP contribution in [0.5, 0.6) is 0 Å². The fourth-order valence-corrected chi connectivity index (χ4v) is 2.96. The molecule has 0 amide bonds. The molecule has 0 radical (unpaired) electrons. The predicted octanol–water partition coefficient (Wildman–Crippen LogP) is -0.0819. The lowest BCUT2D eigenvalue weighted by atomic mass is 10.1. The maximum absolute atomic E-state index is 14.5. The summed E-state index contributed by atoms with van der Waals surface area (Å²) in [5.74, 6) is -2.19. The van der Waals surface area contributed by atoms with E-state index >= 15 is 0 Å². The first-order chi connectivity index (χ1) is 11.4. The van der Waals surface area contributed by atoms with Gasteiger partial charge in [0.05, 0.1) is 16.8 Å². The smallest absolute Gasteiger partial charge is 0.341 e. The van der Waals surface area contributed by atoms with Gasteiger partial charge in [-0.2, -0.15) is 0 Å². The largest absolute Gasteiger partial charge is 0.477 e. The molecular formula is C15H18FN5O3. The van der Waals surface area contributed by atoms with Crippen molar-refractivity contribution in [2.24, 2.45) is 5.73 Å². The van der Waals surface area contributed by atoms with Gasteiger partial charge in [-0.1, -0.05) is 0 Å². The van der Waals surface area contributed by atoms with E-state index in [9.17, 15) is 14.0 Å². The fraction of sp³-hybridized carbons (Fsp3) is 0.400. The zero-order chi connectivity index (χ0) is 17.4. The molecule has 2 aromatic rings. The molecule has 1 aliphatic heterocycles. The van der Waals surface area contributed by atoms with E-state index in [1.165, 1.54) is 0 Å². The van der Waals surface area contributed by atoms with Crippen LogP contribution in [0.4, 0.5) is 10.1 Å². The number of carbonyl (C=O) groups is 1. The Hall–Kier alpha value is -2.52. The van der Waals surface area contributed by atoms with Crippen molar-refractivity contribution in [3.8, 4) is 0 Å². The second-order valence-electron chi connectivity index (χ2n) is 5.95. The van der Waals surface area contributed by atoms with E-state index < -0.39 is 22.8 Å². The highest BCUT2D eigenvalue weighted by Gasteiger charge is 2.22. The van der Waals surface area contributed by atoms with Gasteiger partial charge in [-0.05, 0) is 13.0 Å². The monoisotopic (exact) mass is 335 g/mol. The molecule has 0 saturated carbocycles. The van der Waals surface area contributed by atoms with Gasteiger partial charge in [0.1, 0.15) is 11.2 Å². The molecule has 3 rings (SSSR count). The molecule has 1 unspecified atom stereocenters. The standard InChI is InChI=1S/C15H18FN5O3/c16-11-9(2-4-21-3-1-7(17)6-21)20-14-10(12(11)18)13(22)8(5-19-14)15(23)24/h5,7H,1-4,6,17H2,(H,23,24)(H3,18,19,20,22). The van der Waals surface area contributed by atoms with Crippen LogP contribution in [-0.4, -0.2) is 51.6 Å². The Morgan fingerprint density at radius 1 is 1.54 bits per heavy atom. The number of carboxylic acids is 1. The molecule has 1 saturated heterocycles. The summed E-state index contributed by atoms with van der Waals surface area (Å²) in [7, 11) is 0. The van der Waals surface area contributed by atoms with E-state index in [1.807, 2.05) is 0 Å². The first-order valence-electron chi connectivity index (χ1n) is 7.59. The van der Waals surface area contributed by atoms with Crippen LogP contribution in [0.15, 0.2) is 11.0 Å². The Bertz CT molecular complexity index is 866. The van der Waals surface area contributed by atoms with Crippen molar-refractivity contribution < 1.29 is 14.3 Å². The molecule has 0 bridgehead atoms. The summed E-state index contributed by atoms with van der Waals surface area (Å²) in [4.78, 5) is 32.0. The number of aromatic nitrogens is 2. The molecular weight excluding hydrogens is 317 g/mol. The Labute approximate surface area is 136 Å². The topological polar surface area (TPSA) is 138 Å². The lowest BCUT2D eigenvalue weighted by molar-refractivity contribution is 0.0695. The molecule has 128 valence electrons. The number of nitrogens with zero attached hydrogens (tertiary/aromatic N) is 2. The summed E-state index contributed by atoms with van der Waals surface area (Å²) in [6, 6.07) is 0.135. The van der Waals surface area contributed by atoms with Crippen LogP contribution in [0.25, 0.3) is 11.0 Å². The first-order valence-corrected chi connectivity index (χ1v) is 7.59. The van der Waals surface area contributed by atoms with Gasteiger partial charge in [0.2, 0.25) is 5.43 Å². The van der Waals surface area contributed by atoms with Gasteiger partial charge in [-0.3, -0.25) is 4.79 Å². The number of hydrogen-bond acceptors (Lipinski definition) is 6. The number of rotatable bonds is 4. The Kier molecular flexibility index (Phi) is 4.20. The summed E-state index contributed by atoms with van der Waals surface area (Å²) < 4.78 is 14.5. The molecule has 3 heterocycles. The summed E-state index contributed by atoms with van der Waals surface area (Å²) in [6.07, 6.45) is 2.27. The number of nitrogens with two attached hydrogens (primary N) is 2. The van der Waals surface area contributed by atoms with Crippen LogP contribution in [0.2, 0.25) is 0 Å². The number of aromatic amines is 1. The molecule has 8 nitrogen and oxygen atoms in total. The van der Waals surface area contributed by atoms with E-state index in [-0.39, 0.29) is 28.5 Å². The number of nitrogen functional groups attached to an aromatic ring is 1. The van der Waals surface area contributed by atoms with E-state index in [0.29, 0.717) is 13.0 Å². The predicted molar refractivity (Wildman–Crippen MR) is 86.4 cm³/mol. The number of pyridine rings is 2. The molecule has 6 N–H and O–H groups in total. The number of halogens is 1. The van der Waals surface area contributed by atoms with Crippen molar-refractivity contribution in [3.63, 3.8) is 0 Å². The molecule has 1 fully saturated rings. The van der Waals surface area contributed by atoms with Crippen LogP contribution in [0.3, 0.4) is 0 Å². The molecule has 9 heteroatoms. The minimum Gasteiger partial charge on any atom is -0.477 e. The van der Waals surface area contributed by atoms with E-state index in [2.05, 4.69) is 14.9 Å². The van der Waals surface area contributed by atoms with Crippen molar-refractivity contribution in [1.29, 1.82) is 0 Å². The maximum atomic E-state index is 14.5. The third-order valence-corrected chi connectivity index (χ3v) is 4.27. The van der Waals surface area contributed by atoms with Gasteiger partial charge in [0.15, 0.2) is 5.82 Å². The Morgan fingerprint density at radius 3 is 2.92 bits per heavy atom. The van der Waals surface area contributed by atoms with Gasteiger partial charge < -0.3 is 26.5 Å². The second kappa shape index (κ2) is 6.17. The van der Waals surface area contributed by atoms with Crippen molar-refractivity contribution in [2.45, 2.75) is 18.9 Å². The molecule has 0 aromatic carbocycles. The number of likely N-dealkylation sites (tertiary alicyclic amines) is 1. The SMILES string of the molecule is Nc1c(F)c(CCN2CCC(N)C2)nc2[nH]cc(C(=O)O)c(=O)c12. The Morgan fingerprint density at radius 2 is 2.29 bits per heavy atom. The van der Waals surface area contributed by atoms with Crippen molar-refractivity contribution in [3.05, 3.63) is 33.5 Å². The normalized spacial score (nSPS) is 18.3. The van der Waals surface area contributed by atoms with Crippen LogP contribution in [0.1, 0.15) is 22.5 Å². The minimum absolute atomic E-state index is 0.0806. The summed E-state index contributed by atoms with van der Waals surface area (Å²) in [5, 5.41) is 8.74. The highest BCUT2D eigenvalue weighted by Crippen LogP contribution is 2.22.